The lowest BCUT2D eigenvalue weighted by Gasteiger charge is -2.35. The van der Waals surface area contributed by atoms with Crippen molar-refractivity contribution in [2.45, 2.75) is 64.5 Å². The fraction of sp³-hybridized carbons (Fsp3) is 0.571. The van der Waals surface area contributed by atoms with Crippen LogP contribution in [0.4, 0.5) is 0 Å². The summed E-state index contributed by atoms with van der Waals surface area (Å²) in [5, 5.41) is 0. The number of quaternary nitrogens is 2. The SMILES string of the molecule is C[N+](C)(C)CCCCCCCCCC[N+](C)(Cc1ccccc1)Cc1ccccc1.[Cl-].[Cl-]. The predicted molar refractivity (Wildman–Crippen MR) is 131 cm³/mol. The largest absolute Gasteiger partial charge is 1.00 e. The van der Waals surface area contributed by atoms with E-state index in [-0.39, 0.29) is 24.8 Å². The summed E-state index contributed by atoms with van der Waals surface area (Å²) in [5.41, 5.74) is 2.90. The van der Waals surface area contributed by atoms with Crippen LogP contribution in [0.25, 0.3) is 0 Å². The predicted octanol–water partition coefficient (Wildman–Crippen LogP) is 0.668. The molecule has 0 atom stereocenters. The molecule has 4 heteroatoms. The quantitative estimate of drug-likeness (QED) is 0.259. The van der Waals surface area contributed by atoms with E-state index in [1.807, 2.05) is 0 Å². The molecule has 0 aliphatic carbocycles. The highest BCUT2D eigenvalue weighted by atomic mass is 35.5. The van der Waals surface area contributed by atoms with E-state index in [0.29, 0.717) is 0 Å². The maximum Gasteiger partial charge on any atom is 0.104 e. The first-order valence-corrected chi connectivity index (χ1v) is 12.1. The summed E-state index contributed by atoms with van der Waals surface area (Å²) in [7, 11) is 9.32. The number of hydrogen-bond acceptors (Lipinski definition) is 0. The van der Waals surface area contributed by atoms with Crippen LogP contribution in [0.1, 0.15) is 62.5 Å². The molecule has 0 saturated carbocycles. The zero-order valence-electron chi connectivity index (χ0n) is 20.9. The van der Waals surface area contributed by atoms with E-state index in [2.05, 4.69) is 88.9 Å². The molecule has 0 saturated heterocycles. The van der Waals surface area contributed by atoms with Crippen LogP contribution in [0.15, 0.2) is 60.7 Å². The van der Waals surface area contributed by atoms with E-state index in [0.717, 1.165) is 22.1 Å². The second-order valence-electron chi connectivity index (χ2n) is 10.5. The van der Waals surface area contributed by atoms with E-state index in [1.54, 1.807) is 0 Å². The number of benzene rings is 2. The average molecular weight is 482 g/mol. The van der Waals surface area contributed by atoms with Gasteiger partial charge >= 0.3 is 0 Å². The van der Waals surface area contributed by atoms with Crippen molar-refractivity contribution < 1.29 is 33.8 Å². The normalized spacial score (nSPS) is 11.5. The molecule has 0 aliphatic heterocycles. The molecule has 2 aromatic rings. The number of hydrogen-bond donors (Lipinski definition) is 0. The standard InChI is InChI=1S/C28H46N2.2ClH/c1-29(2,3)23-17-9-7-5-6-8-10-18-24-30(4,25-27-19-13-11-14-20-27)26-28-21-15-12-16-22-28;;/h11-16,19-22H,5-10,17-18,23-26H2,1-4H3;2*1H/q+2;;/p-2. The Kier molecular flexibility index (Phi) is 16.0. The highest BCUT2D eigenvalue weighted by Crippen LogP contribution is 2.19. The minimum atomic E-state index is 0. The summed E-state index contributed by atoms with van der Waals surface area (Å²) in [5.74, 6) is 0. The lowest BCUT2D eigenvalue weighted by Crippen LogP contribution is -3.00. The minimum Gasteiger partial charge on any atom is -1.00 e. The molecule has 2 aromatic carbocycles. The molecular weight excluding hydrogens is 435 g/mol. The van der Waals surface area contributed by atoms with E-state index in [4.69, 9.17) is 0 Å². The van der Waals surface area contributed by atoms with Gasteiger partial charge in [-0.1, -0.05) is 86.3 Å². The Hall–Kier alpha value is -1.06. The Morgan fingerprint density at radius 1 is 0.469 bits per heavy atom. The Balaban J connectivity index is 0.00000480. The van der Waals surface area contributed by atoms with Crippen LogP contribution in [-0.2, 0) is 13.1 Å². The van der Waals surface area contributed by atoms with Gasteiger partial charge in [-0.3, -0.25) is 0 Å². The zero-order chi connectivity index (χ0) is 21.7. The molecule has 0 spiro atoms. The van der Waals surface area contributed by atoms with Crippen LogP contribution < -0.4 is 24.8 Å². The number of rotatable bonds is 15. The van der Waals surface area contributed by atoms with E-state index >= 15 is 0 Å². The van der Waals surface area contributed by atoms with Gasteiger partial charge in [0.25, 0.3) is 0 Å². The Labute approximate surface area is 211 Å². The molecule has 0 aromatic heterocycles. The monoisotopic (exact) mass is 480 g/mol. The Bertz CT molecular complexity index is 642. The molecule has 2 nitrogen and oxygen atoms in total. The van der Waals surface area contributed by atoms with Gasteiger partial charge in [0.05, 0.1) is 41.3 Å². The van der Waals surface area contributed by atoms with Crippen LogP contribution in [0.5, 0.6) is 0 Å². The first-order chi connectivity index (χ1) is 14.4. The molecule has 0 fully saturated rings. The van der Waals surface area contributed by atoms with Crippen LogP contribution >= 0.6 is 0 Å². The lowest BCUT2D eigenvalue weighted by molar-refractivity contribution is -0.935. The molecule has 0 bridgehead atoms. The molecule has 32 heavy (non-hydrogen) atoms. The second-order valence-corrected chi connectivity index (χ2v) is 10.5. The molecule has 0 aliphatic rings. The molecular formula is C28H46Cl2N2. The fourth-order valence-corrected chi connectivity index (χ4v) is 4.40. The van der Waals surface area contributed by atoms with Crippen molar-refractivity contribution in [1.82, 2.24) is 0 Å². The average Bonchev–Trinajstić information content (AvgIpc) is 2.70. The third-order valence-electron chi connectivity index (χ3n) is 6.09. The van der Waals surface area contributed by atoms with E-state index < -0.39 is 0 Å². The molecule has 182 valence electrons. The van der Waals surface area contributed by atoms with Crippen LogP contribution in [0.3, 0.4) is 0 Å². The summed E-state index contributed by atoms with van der Waals surface area (Å²) in [6.45, 7) is 4.79. The lowest BCUT2D eigenvalue weighted by atomic mass is 10.1. The van der Waals surface area contributed by atoms with Gasteiger partial charge in [-0.2, -0.15) is 0 Å². The Morgan fingerprint density at radius 2 is 0.812 bits per heavy atom. The van der Waals surface area contributed by atoms with Gasteiger partial charge in [0.1, 0.15) is 13.1 Å². The first-order valence-electron chi connectivity index (χ1n) is 12.1. The van der Waals surface area contributed by atoms with Gasteiger partial charge in [0.2, 0.25) is 0 Å². The number of halogens is 2. The smallest absolute Gasteiger partial charge is 0.104 e. The zero-order valence-corrected chi connectivity index (χ0v) is 22.4. The van der Waals surface area contributed by atoms with Crippen LogP contribution in [0, 0.1) is 0 Å². The highest BCUT2D eigenvalue weighted by molar-refractivity contribution is 5.15. The third-order valence-corrected chi connectivity index (χ3v) is 6.09. The van der Waals surface area contributed by atoms with E-state index in [9.17, 15) is 0 Å². The molecule has 0 radical (unpaired) electrons. The van der Waals surface area contributed by atoms with Gasteiger partial charge in [-0.25, -0.2) is 0 Å². The van der Waals surface area contributed by atoms with Crippen LogP contribution in [-0.4, -0.2) is 50.2 Å². The summed E-state index contributed by atoms with van der Waals surface area (Å²) in [4.78, 5) is 0. The molecule has 0 amide bonds. The number of unbranched alkanes of at least 4 members (excludes halogenated alkanes) is 7. The maximum atomic E-state index is 2.44. The third kappa shape index (κ3) is 14.2. The van der Waals surface area contributed by atoms with Gasteiger partial charge in [0, 0.05) is 11.1 Å². The van der Waals surface area contributed by atoms with Crippen molar-refractivity contribution in [2.75, 3.05) is 41.3 Å². The van der Waals surface area contributed by atoms with Crippen molar-refractivity contribution in [2.24, 2.45) is 0 Å². The molecule has 0 N–H and O–H groups in total. The summed E-state index contributed by atoms with van der Waals surface area (Å²) in [6, 6.07) is 22.0. The highest BCUT2D eigenvalue weighted by Gasteiger charge is 2.22. The molecule has 0 unspecified atom stereocenters. The summed E-state index contributed by atoms with van der Waals surface area (Å²) in [6.07, 6.45) is 11.1. The maximum absolute atomic E-state index is 2.44. The minimum absolute atomic E-state index is 0. The van der Waals surface area contributed by atoms with Crippen molar-refractivity contribution in [3.63, 3.8) is 0 Å². The summed E-state index contributed by atoms with van der Waals surface area (Å²) >= 11 is 0. The fourth-order valence-electron chi connectivity index (χ4n) is 4.40. The van der Waals surface area contributed by atoms with Gasteiger partial charge in [-0.05, 0) is 25.7 Å². The molecule has 2 rings (SSSR count). The van der Waals surface area contributed by atoms with Crippen molar-refractivity contribution >= 4 is 0 Å². The van der Waals surface area contributed by atoms with Gasteiger partial charge in [-0.15, -0.1) is 0 Å². The van der Waals surface area contributed by atoms with Gasteiger partial charge in [0.15, 0.2) is 0 Å². The number of nitrogens with zero attached hydrogens (tertiary/aromatic N) is 2. The van der Waals surface area contributed by atoms with Crippen LogP contribution in [0.2, 0.25) is 0 Å². The van der Waals surface area contributed by atoms with Crippen molar-refractivity contribution in [3.05, 3.63) is 71.8 Å². The van der Waals surface area contributed by atoms with Gasteiger partial charge < -0.3 is 33.8 Å². The molecule has 0 heterocycles. The topological polar surface area (TPSA) is 0 Å². The first kappa shape index (κ1) is 30.9. The van der Waals surface area contributed by atoms with Crippen molar-refractivity contribution in [1.29, 1.82) is 0 Å². The Morgan fingerprint density at radius 3 is 1.19 bits per heavy atom. The van der Waals surface area contributed by atoms with E-state index in [1.165, 1.54) is 75.6 Å². The van der Waals surface area contributed by atoms with Crippen molar-refractivity contribution in [3.8, 4) is 0 Å². The summed E-state index contributed by atoms with van der Waals surface area (Å²) < 4.78 is 2.20. The second kappa shape index (κ2) is 16.5.